The number of nitrogens with one attached hydrogen (secondary N) is 1. The number of carbonyl (C=O) groups excluding carboxylic acids is 1. The van der Waals surface area contributed by atoms with Crippen molar-refractivity contribution in [3.05, 3.63) is 34.9 Å². The maximum Gasteiger partial charge on any atom is 0.162 e. The van der Waals surface area contributed by atoms with Crippen LogP contribution in [0.5, 0.6) is 0 Å². The lowest BCUT2D eigenvalue weighted by Crippen LogP contribution is -2.23. The van der Waals surface area contributed by atoms with Crippen molar-refractivity contribution in [1.82, 2.24) is 5.32 Å². The summed E-state index contributed by atoms with van der Waals surface area (Å²) in [5, 5.41) is 3.35. The molecule has 1 aromatic rings. The molecular weight excluding hydrogens is 222 g/mol. The average molecular weight is 245 g/mol. The highest BCUT2D eigenvalue weighted by Crippen LogP contribution is 2.23. The van der Waals surface area contributed by atoms with Gasteiger partial charge in [-0.3, -0.25) is 4.79 Å². The summed E-state index contributed by atoms with van der Waals surface area (Å²) in [7, 11) is 0. The maximum absolute atomic E-state index is 12.2. The molecule has 0 bridgehead atoms. The quantitative estimate of drug-likeness (QED) is 0.827. The van der Waals surface area contributed by atoms with Gasteiger partial charge in [-0.05, 0) is 42.0 Å². The van der Waals surface area contributed by atoms with Crippen LogP contribution in [-0.2, 0) is 13.0 Å². The first-order chi connectivity index (χ1) is 8.46. The molecule has 1 aliphatic rings. The Morgan fingerprint density at radius 1 is 1.28 bits per heavy atom. The first-order valence-corrected chi connectivity index (χ1v) is 6.81. The molecule has 1 N–H and O–H groups in total. The van der Waals surface area contributed by atoms with Crippen molar-refractivity contribution in [2.45, 2.75) is 46.6 Å². The number of hydrogen-bond donors (Lipinski definition) is 1. The number of hydrogen-bond acceptors (Lipinski definition) is 2. The van der Waals surface area contributed by atoms with E-state index in [0.717, 1.165) is 31.5 Å². The minimum absolute atomic E-state index is 0.228. The Labute approximate surface area is 110 Å². The molecule has 0 spiro atoms. The minimum Gasteiger partial charge on any atom is -0.312 e. The third-order valence-corrected chi connectivity index (χ3v) is 3.52. The van der Waals surface area contributed by atoms with Gasteiger partial charge in [0.1, 0.15) is 0 Å². The monoisotopic (exact) mass is 245 g/mol. The second-order valence-corrected chi connectivity index (χ2v) is 6.39. The number of Topliss-reactive ketones (excluding diaryl/α,β-unsaturated/α-hetero) is 1. The van der Waals surface area contributed by atoms with E-state index >= 15 is 0 Å². The molecule has 1 aliphatic heterocycles. The number of benzene rings is 1. The summed E-state index contributed by atoms with van der Waals surface area (Å²) in [4.78, 5) is 12.2. The van der Waals surface area contributed by atoms with E-state index in [9.17, 15) is 4.79 Å². The number of rotatable bonds is 3. The molecule has 0 atom stereocenters. The van der Waals surface area contributed by atoms with Crippen LogP contribution < -0.4 is 5.32 Å². The van der Waals surface area contributed by atoms with Crippen molar-refractivity contribution in [3.63, 3.8) is 0 Å². The standard InChI is InChI=1S/C16H23NO/c1-16(2,3)8-6-15(18)13-5-4-12-7-9-17-11-14(12)10-13/h4-5,10,17H,6-9,11H2,1-3H3. The Hall–Kier alpha value is -1.15. The van der Waals surface area contributed by atoms with E-state index in [2.05, 4.69) is 38.2 Å². The van der Waals surface area contributed by atoms with Gasteiger partial charge in [-0.2, -0.15) is 0 Å². The van der Waals surface area contributed by atoms with Gasteiger partial charge in [0.25, 0.3) is 0 Å². The van der Waals surface area contributed by atoms with Crippen LogP contribution >= 0.6 is 0 Å². The summed E-state index contributed by atoms with van der Waals surface area (Å²) >= 11 is 0. The van der Waals surface area contributed by atoms with E-state index in [1.807, 2.05) is 6.07 Å². The SMILES string of the molecule is CC(C)(C)CCC(=O)c1ccc2c(c1)CNCC2. The Morgan fingerprint density at radius 2 is 2.06 bits per heavy atom. The molecule has 1 aromatic carbocycles. The molecule has 0 saturated heterocycles. The highest BCUT2D eigenvalue weighted by Gasteiger charge is 2.16. The molecule has 2 nitrogen and oxygen atoms in total. The van der Waals surface area contributed by atoms with E-state index in [1.54, 1.807) is 0 Å². The third kappa shape index (κ3) is 3.42. The van der Waals surface area contributed by atoms with Crippen molar-refractivity contribution in [2.75, 3.05) is 6.54 Å². The highest BCUT2D eigenvalue weighted by atomic mass is 16.1. The van der Waals surface area contributed by atoms with Gasteiger partial charge in [0.05, 0.1) is 0 Å². The largest absolute Gasteiger partial charge is 0.312 e. The molecule has 0 amide bonds. The fraction of sp³-hybridized carbons (Fsp3) is 0.562. The van der Waals surface area contributed by atoms with E-state index in [-0.39, 0.29) is 11.2 Å². The molecule has 2 heteroatoms. The van der Waals surface area contributed by atoms with Gasteiger partial charge < -0.3 is 5.32 Å². The smallest absolute Gasteiger partial charge is 0.162 e. The summed E-state index contributed by atoms with van der Waals surface area (Å²) in [6.07, 6.45) is 2.67. The van der Waals surface area contributed by atoms with Crippen molar-refractivity contribution in [2.24, 2.45) is 5.41 Å². The van der Waals surface area contributed by atoms with Crippen molar-refractivity contribution in [1.29, 1.82) is 0 Å². The zero-order valence-electron chi connectivity index (χ0n) is 11.7. The van der Waals surface area contributed by atoms with Crippen LogP contribution in [0.1, 0.15) is 55.1 Å². The fourth-order valence-corrected chi connectivity index (χ4v) is 2.29. The second-order valence-electron chi connectivity index (χ2n) is 6.39. The van der Waals surface area contributed by atoms with Crippen LogP contribution in [0.3, 0.4) is 0 Å². The minimum atomic E-state index is 0.228. The van der Waals surface area contributed by atoms with Gasteiger partial charge in [0, 0.05) is 18.5 Å². The van der Waals surface area contributed by atoms with E-state index in [4.69, 9.17) is 0 Å². The normalized spacial score (nSPS) is 15.3. The van der Waals surface area contributed by atoms with Crippen molar-refractivity contribution in [3.8, 4) is 0 Å². The zero-order chi connectivity index (χ0) is 13.2. The van der Waals surface area contributed by atoms with E-state index < -0.39 is 0 Å². The Bertz CT molecular complexity index is 443. The molecule has 98 valence electrons. The molecule has 0 saturated carbocycles. The molecule has 18 heavy (non-hydrogen) atoms. The lowest BCUT2D eigenvalue weighted by atomic mass is 9.88. The summed E-state index contributed by atoms with van der Waals surface area (Å²) in [5.74, 6) is 0.276. The van der Waals surface area contributed by atoms with Crippen molar-refractivity contribution < 1.29 is 4.79 Å². The summed E-state index contributed by atoms with van der Waals surface area (Å²) in [5.41, 5.74) is 3.79. The van der Waals surface area contributed by atoms with Gasteiger partial charge in [0.2, 0.25) is 0 Å². The summed E-state index contributed by atoms with van der Waals surface area (Å²) < 4.78 is 0. The summed E-state index contributed by atoms with van der Waals surface area (Å²) in [6.45, 7) is 8.48. The molecule has 2 rings (SSSR count). The molecule has 0 fully saturated rings. The molecule has 0 unspecified atom stereocenters. The number of fused-ring (bicyclic) bond motifs is 1. The molecule has 1 heterocycles. The zero-order valence-corrected chi connectivity index (χ0v) is 11.7. The lowest BCUT2D eigenvalue weighted by molar-refractivity contribution is 0.0966. The highest BCUT2D eigenvalue weighted by molar-refractivity contribution is 5.96. The predicted octanol–water partition coefficient (Wildman–Crippen LogP) is 3.34. The topological polar surface area (TPSA) is 29.1 Å². The molecule has 0 aliphatic carbocycles. The number of ketones is 1. The average Bonchev–Trinajstić information content (AvgIpc) is 2.34. The van der Waals surface area contributed by atoms with Crippen molar-refractivity contribution >= 4 is 5.78 Å². The molecular formula is C16H23NO. The first-order valence-electron chi connectivity index (χ1n) is 6.81. The van der Waals surface area contributed by atoms with E-state index in [1.165, 1.54) is 11.1 Å². The predicted molar refractivity (Wildman–Crippen MR) is 74.9 cm³/mol. The van der Waals surface area contributed by atoms with Gasteiger partial charge in [0.15, 0.2) is 5.78 Å². The van der Waals surface area contributed by atoms with Gasteiger partial charge in [-0.15, -0.1) is 0 Å². The molecule has 0 aromatic heterocycles. The lowest BCUT2D eigenvalue weighted by Gasteiger charge is -2.19. The van der Waals surface area contributed by atoms with Crippen LogP contribution in [0.2, 0.25) is 0 Å². The second kappa shape index (κ2) is 5.23. The van der Waals surface area contributed by atoms with Crippen LogP contribution in [-0.4, -0.2) is 12.3 Å². The number of carbonyl (C=O) groups is 1. The van der Waals surface area contributed by atoms with Gasteiger partial charge in [-0.1, -0.05) is 32.9 Å². The van der Waals surface area contributed by atoms with Gasteiger partial charge in [-0.25, -0.2) is 0 Å². The Balaban J connectivity index is 2.07. The first kappa shape index (κ1) is 13.3. The van der Waals surface area contributed by atoms with Crippen LogP contribution in [0.4, 0.5) is 0 Å². The molecule has 0 radical (unpaired) electrons. The van der Waals surface area contributed by atoms with Crippen LogP contribution in [0.15, 0.2) is 18.2 Å². The van der Waals surface area contributed by atoms with Crippen LogP contribution in [0, 0.1) is 5.41 Å². The summed E-state index contributed by atoms with van der Waals surface area (Å²) in [6, 6.07) is 6.20. The Morgan fingerprint density at radius 3 is 2.78 bits per heavy atom. The van der Waals surface area contributed by atoms with Gasteiger partial charge >= 0.3 is 0 Å². The fourth-order valence-electron chi connectivity index (χ4n) is 2.29. The maximum atomic E-state index is 12.2. The Kier molecular flexibility index (Phi) is 3.86. The third-order valence-electron chi connectivity index (χ3n) is 3.52. The van der Waals surface area contributed by atoms with E-state index in [0.29, 0.717) is 6.42 Å². The van der Waals surface area contributed by atoms with Crippen LogP contribution in [0.25, 0.3) is 0 Å².